The maximum absolute atomic E-state index is 12.1. The summed E-state index contributed by atoms with van der Waals surface area (Å²) in [6.45, 7) is 1.56. The quantitative estimate of drug-likeness (QED) is 0.888. The number of carbonyl (C=O) groups is 1. The van der Waals surface area contributed by atoms with Crippen LogP contribution in [0.1, 0.15) is 5.56 Å². The van der Waals surface area contributed by atoms with Gasteiger partial charge < -0.3 is 10.2 Å². The van der Waals surface area contributed by atoms with Gasteiger partial charge >= 0.3 is 0 Å². The summed E-state index contributed by atoms with van der Waals surface area (Å²) in [5, 5.41) is 5.44. The molecule has 3 heteroatoms. The first-order valence-corrected chi connectivity index (χ1v) is 6.57. The molecular formula is C16H20N2O. The van der Waals surface area contributed by atoms with E-state index in [4.69, 9.17) is 0 Å². The number of carbonyl (C=O) groups excluding carboxylic acids is 1. The second kappa shape index (κ2) is 6.34. The molecule has 100 valence electrons. The SMILES string of the molecule is CNCCN(C)C(=O)Cc1ccc2ccccc2c1. The first-order chi connectivity index (χ1) is 9.20. The second-order valence-corrected chi connectivity index (χ2v) is 4.78. The molecule has 0 atom stereocenters. The zero-order valence-corrected chi connectivity index (χ0v) is 11.5. The molecule has 2 aromatic carbocycles. The van der Waals surface area contributed by atoms with Crippen LogP contribution in [0.4, 0.5) is 0 Å². The smallest absolute Gasteiger partial charge is 0.226 e. The van der Waals surface area contributed by atoms with E-state index in [1.54, 1.807) is 4.90 Å². The van der Waals surface area contributed by atoms with Crippen LogP contribution < -0.4 is 5.32 Å². The summed E-state index contributed by atoms with van der Waals surface area (Å²) in [6.07, 6.45) is 0.463. The summed E-state index contributed by atoms with van der Waals surface area (Å²) in [5.41, 5.74) is 1.07. The fourth-order valence-electron chi connectivity index (χ4n) is 2.06. The van der Waals surface area contributed by atoms with E-state index in [1.165, 1.54) is 10.8 Å². The number of fused-ring (bicyclic) bond motifs is 1. The van der Waals surface area contributed by atoms with Crippen molar-refractivity contribution in [3.8, 4) is 0 Å². The van der Waals surface area contributed by atoms with Crippen LogP contribution in [-0.4, -0.2) is 38.0 Å². The standard InChI is InChI=1S/C16H20N2O/c1-17-9-10-18(2)16(19)12-13-7-8-14-5-3-4-6-15(14)11-13/h3-8,11,17H,9-10,12H2,1-2H3. The number of hydrogen-bond donors (Lipinski definition) is 1. The largest absolute Gasteiger partial charge is 0.344 e. The van der Waals surface area contributed by atoms with Crippen molar-refractivity contribution in [3.63, 3.8) is 0 Å². The second-order valence-electron chi connectivity index (χ2n) is 4.78. The molecule has 0 radical (unpaired) electrons. The highest BCUT2D eigenvalue weighted by molar-refractivity contribution is 5.85. The van der Waals surface area contributed by atoms with Crippen molar-refractivity contribution in [2.75, 3.05) is 27.2 Å². The third-order valence-corrected chi connectivity index (χ3v) is 3.29. The van der Waals surface area contributed by atoms with Gasteiger partial charge in [-0.15, -0.1) is 0 Å². The summed E-state index contributed by atoms with van der Waals surface area (Å²) >= 11 is 0. The van der Waals surface area contributed by atoms with Crippen molar-refractivity contribution in [3.05, 3.63) is 48.0 Å². The number of amides is 1. The zero-order chi connectivity index (χ0) is 13.7. The van der Waals surface area contributed by atoms with Gasteiger partial charge in [-0.05, 0) is 23.4 Å². The van der Waals surface area contributed by atoms with E-state index in [0.717, 1.165) is 18.7 Å². The van der Waals surface area contributed by atoms with E-state index in [-0.39, 0.29) is 5.91 Å². The van der Waals surface area contributed by atoms with Crippen LogP contribution in [0, 0.1) is 0 Å². The Labute approximate surface area is 114 Å². The van der Waals surface area contributed by atoms with E-state index in [2.05, 4.69) is 29.6 Å². The van der Waals surface area contributed by atoms with Gasteiger partial charge in [0.25, 0.3) is 0 Å². The molecule has 2 aromatic rings. The van der Waals surface area contributed by atoms with Crippen molar-refractivity contribution in [2.24, 2.45) is 0 Å². The van der Waals surface area contributed by atoms with Crippen molar-refractivity contribution in [2.45, 2.75) is 6.42 Å². The normalized spacial score (nSPS) is 10.6. The molecule has 0 aliphatic carbocycles. The van der Waals surface area contributed by atoms with Gasteiger partial charge in [0.15, 0.2) is 0 Å². The van der Waals surface area contributed by atoms with E-state index < -0.39 is 0 Å². The van der Waals surface area contributed by atoms with Gasteiger partial charge in [-0.2, -0.15) is 0 Å². The Balaban J connectivity index is 2.06. The molecule has 1 amide bonds. The molecule has 2 rings (SSSR count). The molecular weight excluding hydrogens is 236 g/mol. The molecule has 0 aliphatic heterocycles. The molecule has 0 saturated heterocycles. The first-order valence-electron chi connectivity index (χ1n) is 6.57. The predicted octanol–water partition coefficient (Wildman–Crippen LogP) is 2.06. The summed E-state index contributed by atoms with van der Waals surface area (Å²) in [6, 6.07) is 14.4. The number of nitrogens with one attached hydrogen (secondary N) is 1. The molecule has 0 bridgehead atoms. The molecule has 0 aromatic heterocycles. The zero-order valence-electron chi connectivity index (χ0n) is 11.5. The minimum absolute atomic E-state index is 0.158. The highest BCUT2D eigenvalue weighted by Crippen LogP contribution is 2.16. The lowest BCUT2D eigenvalue weighted by Crippen LogP contribution is -2.33. The maximum Gasteiger partial charge on any atom is 0.226 e. The Kier molecular flexibility index (Phi) is 4.53. The fraction of sp³-hybridized carbons (Fsp3) is 0.312. The maximum atomic E-state index is 12.1. The number of rotatable bonds is 5. The van der Waals surface area contributed by atoms with Crippen LogP contribution in [0.25, 0.3) is 10.8 Å². The molecule has 0 heterocycles. The third-order valence-electron chi connectivity index (χ3n) is 3.29. The van der Waals surface area contributed by atoms with E-state index in [1.807, 2.05) is 32.3 Å². The molecule has 0 saturated carbocycles. The van der Waals surface area contributed by atoms with Crippen LogP contribution in [0.2, 0.25) is 0 Å². The van der Waals surface area contributed by atoms with Gasteiger partial charge in [0.1, 0.15) is 0 Å². The molecule has 3 nitrogen and oxygen atoms in total. The highest BCUT2D eigenvalue weighted by Gasteiger charge is 2.09. The van der Waals surface area contributed by atoms with E-state index >= 15 is 0 Å². The van der Waals surface area contributed by atoms with Crippen molar-refractivity contribution >= 4 is 16.7 Å². The molecule has 0 fully saturated rings. The highest BCUT2D eigenvalue weighted by atomic mass is 16.2. The molecule has 1 N–H and O–H groups in total. The van der Waals surface area contributed by atoms with Gasteiger partial charge in [0.05, 0.1) is 6.42 Å². The fourth-order valence-corrected chi connectivity index (χ4v) is 2.06. The van der Waals surface area contributed by atoms with Gasteiger partial charge in [0, 0.05) is 20.1 Å². The van der Waals surface area contributed by atoms with E-state index in [0.29, 0.717) is 6.42 Å². The number of likely N-dealkylation sites (N-methyl/N-ethyl adjacent to an activating group) is 2. The summed E-state index contributed by atoms with van der Waals surface area (Å²) in [5.74, 6) is 0.158. The van der Waals surface area contributed by atoms with Crippen LogP contribution in [0.15, 0.2) is 42.5 Å². The third kappa shape index (κ3) is 3.55. The van der Waals surface area contributed by atoms with Crippen LogP contribution in [-0.2, 0) is 11.2 Å². The first kappa shape index (κ1) is 13.6. The Morgan fingerprint density at radius 1 is 1.16 bits per heavy atom. The van der Waals surface area contributed by atoms with E-state index in [9.17, 15) is 4.79 Å². The summed E-state index contributed by atoms with van der Waals surface area (Å²) < 4.78 is 0. The number of hydrogen-bond acceptors (Lipinski definition) is 2. The summed E-state index contributed by atoms with van der Waals surface area (Å²) in [4.78, 5) is 13.8. The van der Waals surface area contributed by atoms with Crippen molar-refractivity contribution in [1.29, 1.82) is 0 Å². The predicted molar refractivity (Wildman–Crippen MR) is 79.2 cm³/mol. The molecule has 0 spiro atoms. The lowest BCUT2D eigenvalue weighted by atomic mass is 10.0. The molecule has 0 unspecified atom stereocenters. The Morgan fingerprint density at radius 3 is 2.63 bits per heavy atom. The van der Waals surface area contributed by atoms with Crippen LogP contribution in [0.3, 0.4) is 0 Å². The minimum Gasteiger partial charge on any atom is -0.344 e. The topological polar surface area (TPSA) is 32.3 Å². The van der Waals surface area contributed by atoms with Gasteiger partial charge in [-0.25, -0.2) is 0 Å². The molecule has 0 aliphatic rings. The summed E-state index contributed by atoms with van der Waals surface area (Å²) in [7, 11) is 3.74. The van der Waals surface area contributed by atoms with Gasteiger partial charge in [-0.3, -0.25) is 4.79 Å². The van der Waals surface area contributed by atoms with Gasteiger partial charge in [0.2, 0.25) is 5.91 Å². The van der Waals surface area contributed by atoms with Crippen molar-refractivity contribution in [1.82, 2.24) is 10.2 Å². The minimum atomic E-state index is 0.158. The Bertz CT molecular complexity index is 565. The van der Waals surface area contributed by atoms with Crippen LogP contribution in [0.5, 0.6) is 0 Å². The number of nitrogens with zero attached hydrogens (tertiary/aromatic N) is 1. The van der Waals surface area contributed by atoms with Crippen LogP contribution >= 0.6 is 0 Å². The van der Waals surface area contributed by atoms with Gasteiger partial charge in [-0.1, -0.05) is 42.5 Å². The number of benzene rings is 2. The monoisotopic (exact) mass is 256 g/mol. The Hall–Kier alpha value is -1.87. The lowest BCUT2D eigenvalue weighted by Gasteiger charge is -2.17. The lowest BCUT2D eigenvalue weighted by molar-refractivity contribution is -0.129. The Morgan fingerprint density at radius 2 is 1.89 bits per heavy atom. The van der Waals surface area contributed by atoms with Crippen molar-refractivity contribution < 1.29 is 4.79 Å². The average molecular weight is 256 g/mol. The average Bonchev–Trinajstić information content (AvgIpc) is 2.44. The molecule has 19 heavy (non-hydrogen) atoms.